The van der Waals surface area contributed by atoms with Crippen molar-refractivity contribution in [2.24, 2.45) is 0 Å². The number of aromatic nitrogens is 1. The maximum atomic E-state index is 4.71. The number of nitrogens with zero attached hydrogens (tertiary/aromatic N) is 1. The van der Waals surface area contributed by atoms with E-state index in [0.29, 0.717) is 11.8 Å². The predicted molar refractivity (Wildman–Crippen MR) is 56.6 cm³/mol. The van der Waals surface area contributed by atoms with Crippen LogP contribution in [0.25, 0.3) is 0 Å². The first-order valence-electron chi connectivity index (χ1n) is 4.86. The Morgan fingerprint density at radius 2 is 2.15 bits per heavy atom. The summed E-state index contributed by atoms with van der Waals surface area (Å²) in [6.07, 6.45) is 0. The van der Waals surface area contributed by atoms with E-state index < -0.39 is 0 Å². The molecule has 72 valence electrons. The van der Waals surface area contributed by atoms with Gasteiger partial charge in [0.05, 0.1) is 10.7 Å². The number of nitrogens with one attached hydrogen (secondary N) is 1. The van der Waals surface area contributed by atoms with Crippen LogP contribution in [0.2, 0.25) is 0 Å². The fourth-order valence-corrected chi connectivity index (χ4v) is 2.78. The molecule has 0 atom stereocenters. The van der Waals surface area contributed by atoms with Crippen LogP contribution in [0.15, 0.2) is 0 Å². The van der Waals surface area contributed by atoms with Crippen molar-refractivity contribution in [3.8, 4) is 0 Å². The molecule has 0 unspecified atom stereocenters. The molecular formula is C10H16N2S. The topological polar surface area (TPSA) is 24.9 Å². The van der Waals surface area contributed by atoms with Crippen LogP contribution in [-0.2, 0) is 0 Å². The van der Waals surface area contributed by atoms with Gasteiger partial charge >= 0.3 is 0 Å². The van der Waals surface area contributed by atoms with Crippen LogP contribution in [0.5, 0.6) is 0 Å². The van der Waals surface area contributed by atoms with Crippen molar-refractivity contribution in [3.63, 3.8) is 0 Å². The minimum Gasteiger partial charge on any atom is -0.315 e. The van der Waals surface area contributed by atoms with Gasteiger partial charge in [0.1, 0.15) is 0 Å². The summed E-state index contributed by atoms with van der Waals surface area (Å²) in [5.74, 6) is 1.26. The zero-order valence-electron chi connectivity index (χ0n) is 8.42. The molecule has 1 aliphatic rings. The van der Waals surface area contributed by atoms with Crippen molar-refractivity contribution in [1.29, 1.82) is 0 Å². The van der Waals surface area contributed by atoms with Gasteiger partial charge in [-0.3, -0.25) is 0 Å². The summed E-state index contributed by atoms with van der Waals surface area (Å²) in [5, 5.41) is 4.62. The summed E-state index contributed by atoms with van der Waals surface area (Å²) in [6.45, 7) is 8.84. The monoisotopic (exact) mass is 196 g/mol. The third-order valence-corrected chi connectivity index (χ3v) is 3.68. The second-order valence-electron chi connectivity index (χ2n) is 4.00. The third kappa shape index (κ3) is 1.63. The van der Waals surface area contributed by atoms with Gasteiger partial charge in [-0.25, -0.2) is 4.98 Å². The summed E-state index contributed by atoms with van der Waals surface area (Å²) < 4.78 is 0. The molecule has 0 saturated carbocycles. The highest BCUT2D eigenvalue weighted by atomic mass is 32.1. The molecule has 1 saturated heterocycles. The van der Waals surface area contributed by atoms with Gasteiger partial charge in [0.15, 0.2) is 0 Å². The van der Waals surface area contributed by atoms with E-state index in [1.165, 1.54) is 15.6 Å². The fourth-order valence-electron chi connectivity index (χ4n) is 1.60. The lowest BCUT2D eigenvalue weighted by molar-refractivity contribution is 0.446. The van der Waals surface area contributed by atoms with Crippen LogP contribution in [0, 0.1) is 6.92 Å². The summed E-state index contributed by atoms with van der Waals surface area (Å²) in [7, 11) is 0. The van der Waals surface area contributed by atoms with E-state index in [4.69, 9.17) is 4.98 Å². The molecule has 0 bridgehead atoms. The maximum absolute atomic E-state index is 4.71. The number of thiazole rings is 1. The summed E-state index contributed by atoms with van der Waals surface area (Å²) in [6, 6.07) is 0. The SMILES string of the molecule is Cc1sc(C2CNC2)nc1C(C)C. The average Bonchev–Trinajstić information content (AvgIpc) is 2.27. The molecule has 2 heterocycles. The minimum absolute atomic E-state index is 0.568. The second kappa shape index (κ2) is 3.39. The zero-order valence-corrected chi connectivity index (χ0v) is 9.24. The van der Waals surface area contributed by atoms with Gasteiger partial charge in [-0.05, 0) is 12.8 Å². The molecular weight excluding hydrogens is 180 g/mol. The van der Waals surface area contributed by atoms with Crippen molar-refractivity contribution in [1.82, 2.24) is 10.3 Å². The Morgan fingerprint density at radius 1 is 1.46 bits per heavy atom. The van der Waals surface area contributed by atoms with Gasteiger partial charge < -0.3 is 5.32 Å². The first-order valence-corrected chi connectivity index (χ1v) is 5.68. The summed E-state index contributed by atoms with van der Waals surface area (Å²) in [5.41, 5.74) is 1.30. The molecule has 1 fully saturated rings. The molecule has 0 aliphatic carbocycles. The molecule has 0 aromatic carbocycles. The number of hydrogen-bond donors (Lipinski definition) is 1. The fraction of sp³-hybridized carbons (Fsp3) is 0.700. The Balaban J connectivity index is 2.23. The standard InChI is InChI=1S/C10H16N2S/c1-6(2)9-7(3)13-10(12-9)8-4-11-5-8/h6,8,11H,4-5H2,1-3H3. The van der Waals surface area contributed by atoms with Crippen molar-refractivity contribution in [2.45, 2.75) is 32.6 Å². The Bertz CT molecular complexity index is 300. The molecule has 0 radical (unpaired) electrons. The highest BCUT2D eigenvalue weighted by molar-refractivity contribution is 7.11. The zero-order chi connectivity index (χ0) is 9.42. The molecule has 2 nitrogen and oxygen atoms in total. The Hall–Kier alpha value is -0.410. The molecule has 1 aromatic rings. The summed E-state index contributed by atoms with van der Waals surface area (Å²) >= 11 is 1.88. The second-order valence-corrected chi connectivity index (χ2v) is 5.24. The molecule has 1 aromatic heterocycles. The van der Waals surface area contributed by atoms with Gasteiger partial charge in [-0.1, -0.05) is 13.8 Å². The van der Waals surface area contributed by atoms with Crippen LogP contribution in [0.3, 0.4) is 0 Å². The lowest BCUT2D eigenvalue weighted by Gasteiger charge is -2.24. The average molecular weight is 196 g/mol. The van der Waals surface area contributed by atoms with Gasteiger partial charge in [0, 0.05) is 23.9 Å². The minimum atomic E-state index is 0.568. The van der Waals surface area contributed by atoms with Crippen LogP contribution in [0.1, 0.15) is 41.3 Å². The van der Waals surface area contributed by atoms with E-state index >= 15 is 0 Å². The van der Waals surface area contributed by atoms with Crippen LogP contribution in [-0.4, -0.2) is 18.1 Å². The molecule has 1 N–H and O–H groups in total. The lowest BCUT2D eigenvalue weighted by Crippen LogP contribution is -2.39. The third-order valence-electron chi connectivity index (χ3n) is 2.53. The van der Waals surface area contributed by atoms with Crippen LogP contribution < -0.4 is 5.32 Å². The Kier molecular flexibility index (Phi) is 2.39. The van der Waals surface area contributed by atoms with E-state index in [1.807, 2.05) is 11.3 Å². The first kappa shape index (κ1) is 9.16. The van der Waals surface area contributed by atoms with E-state index in [0.717, 1.165) is 13.1 Å². The van der Waals surface area contributed by atoms with E-state index in [2.05, 4.69) is 26.1 Å². The van der Waals surface area contributed by atoms with Gasteiger partial charge in [-0.2, -0.15) is 0 Å². The number of hydrogen-bond acceptors (Lipinski definition) is 3. The molecule has 0 spiro atoms. The highest BCUT2D eigenvalue weighted by Gasteiger charge is 2.23. The molecule has 13 heavy (non-hydrogen) atoms. The van der Waals surface area contributed by atoms with Crippen molar-refractivity contribution in [3.05, 3.63) is 15.6 Å². The molecule has 3 heteroatoms. The van der Waals surface area contributed by atoms with Crippen molar-refractivity contribution >= 4 is 11.3 Å². The van der Waals surface area contributed by atoms with E-state index in [1.54, 1.807) is 0 Å². The largest absolute Gasteiger partial charge is 0.315 e. The van der Waals surface area contributed by atoms with Gasteiger partial charge in [-0.15, -0.1) is 11.3 Å². The molecule has 0 amide bonds. The normalized spacial score (nSPS) is 17.8. The quantitative estimate of drug-likeness (QED) is 0.785. The van der Waals surface area contributed by atoms with Crippen molar-refractivity contribution < 1.29 is 0 Å². The number of aryl methyl sites for hydroxylation is 1. The predicted octanol–water partition coefficient (Wildman–Crippen LogP) is 2.26. The highest BCUT2D eigenvalue weighted by Crippen LogP contribution is 2.30. The van der Waals surface area contributed by atoms with E-state index in [-0.39, 0.29) is 0 Å². The Labute approximate surface area is 83.4 Å². The number of rotatable bonds is 2. The Morgan fingerprint density at radius 3 is 2.54 bits per heavy atom. The summed E-state index contributed by atoms with van der Waals surface area (Å²) in [4.78, 5) is 6.11. The maximum Gasteiger partial charge on any atom is 0.0987 e. The van der Waals surface area contributed by atoms with Crippen LogP contribution >= 0.6 is 11.3 Å². The molecule has 2 rings (SSSR count). The van der Waals surface area contributed by atoms with E-state index in [9.17, 15) is 0 Å². The van der Waals surface area contributed by atoms with Crippen LogP contribution in [0.4, 0.5) is 0 Å². The van der Waals surface area contributed by atoms with Crippen molar-refractivity contribution in [2.75, 3.05) is 13.1 Å². The van der Waals surface area contributed by atoms with Gasteiger partial charge in [0.2, 0.25) is 0 Å². The van der Waals surface area contributed by atoms with Gasteiger partial charge in [0.25, 0.3) is 0 Å². The first-order chi connectivity index (χ1) is 6.18. The smallest absolute Gasteiger partial charge is 0.0987 e. The molecule has 1 aliphatic heterocycles. The lowest BCUT2D eigenvalue weighted by atomic mass is 10.0.